The first kappa shape index (κ1) is 31.4. The van der Waals surface area contributed by atoms with E-state index >= 15 is 0 Å². The van der Waals surface area contributed by atoms with Crippen LogP contribution < -0.4 is 0 Å². The van der Waals surface area contributed by atoms with E-state index in [4.69, 9.17) is 4.42 Å². The fraction of sp³-hybridized carbons (Fsp3) is 0. The molecule has 0 radical (unpaired) electrons. The largest absolute Gasteiger partial charge is 0.456 e. The molecule has 13 rings (SSSR count). The average Bonchev–Trinajstić information content (AvgIpc) is 4.03. The molecule has 0 unspecified atom stereocenters. The molecule has 4 heterocycles. The van der Waals surface area contributed by atoms with Gasteiger partial charge in [-0.25, -0.2) is 0 Å². The summed E-state index contributed by atoms with van der Waals surface area (Å²) in [7, 11) is 0. The maximum atomic E-state index is 6.44. The molecule has 0 aliphatic heterocycles. The Labute approximate surface area is 332 Å². The SMILES string of the molecule is c1ccc2c(c1)oc1cccc(-c3cccc4c5ccccc5n(-c5cc(-n6c7ccccc7c7ccccc76)cc(-n6c7ccccc7c7ccccc76)c5)c34)c12. The molecule has 13 aromatic rings. The van der Waals surface area contributed by atoms with Crippen molar-refractivity contribution >= 4 is 87.4 Å². The minimum absolute atomic E-state index is 0.889. The van der Waals surface area contributed by atoms with Crippen molar-refractivity contribution in [1.29, 1.82) is 0 Å². The molecule has 0 atom stereocenters. The van der Waals surface area contributed by atoms with E-state index in [9.17, 15) is 0 Å². The number of aromatic nitrogens is 3. The minimum Gasteiger partial charge on any atom is -0.456 e. The van der Waals surface area contributed by atoms with Crippen LogP contribution in [-0.2, 0) is 0 Å². The molecular formula is C54H33N3O. The summed E-state index contributed by atoms with van der Waals surface area (Å²) in [6.45, 7) is 0. The zero-order chi connectivity index (χ0) is 37.9. The normalized spacial score (nSPS) is 12.1. The molecule has 0 aliphatic rings. The number of para-hydroxylation sites is 7. The molecule has 9 aromatic carbocycles. The van der Waals surface area contributed by atoms with Crippen LogP contribution >= 0.6 is 0 Å². The smallest absolute Gasteiger partial charge is 0.136 e. The van der Waals surface area contributed by atoms with Crippen LogP contribution in [0.4, 0.5) is 0 Å². The maximum Gasteiger partial charge on any atom is 0.136 e. The van der Waals surface area contributed by atoms with E-state index in [2.05, 4.69) is 208 Å². The van der Waals surface area contributed by atoms with Crippen LogP contribution in [0.1, 0.15) is 0 Å². The van der Waals surface area contributed by atoms with Crippen LogP contribution in [0.15, 0.2) is 205 Å². The molecule has 270 valence electrons. The number of nitrogens with zero attached hydrogens (tertiary/aromatic N) is 3. The second-order valence-corrected chi connectivity index (χ2v) is 15.3. The second-order valence-electron chi connectivity index (χ2n) is 15.3. The van der Waals surface area contributed by atoms with E-state index in [-0.39, 0.29) is 0 Å². The number of furan rings is 1. The maximum absolute atomic E-state index is 6.44. The van der Waals surface area contributed by atoms with Crippen molar-refractivity contribution < 1.29 is 4.42 Å². The Morgan fingerprint density at radius 2 is 0.638 bits per heavy atom. The van der Waals surface area contributed by atoms with Crippen LogP contribution in [0, 0.1) is 0 Å². The topological polar surface area (TPSA) is 27.9 Å². The quantitative estimate of drug-likeness (QED) is 0.177. The number of hydrogen-bond donors (Lipinski definition) is 0. The highest BCUT2D eigenvalue weighted by Gasteiger charge is 2.22. The van der Waals surface area contributed by atoms with Crippen LogP contribution in [0.5, 0.6) is 0 Å². The summed E-state index contributed by atoms with van der Waals surface area (Å²) in [5, 5.41) is 9.62. The summed E-state index contributed by atoms with van der Waals surface area (Å²) in [4.78, 5) is 0. The predicted octanol–water partition coefficient (Wildman–Crippen LogP) is 14.5. The fourth-order valence-corrected chi connectivity index (χ4v) is 9.87. The van der Waals surface area contributed by atoms with Gasteiger partial charge in [-0.15, -0.1) is 0 Å². The lowest BCUT2D eigenvalue weighted by Gasteiger charge is -2.18. The highest BCUT2D eigenvalue weighted by atomic mass is 16.3. The lowest BCUT2D eigenvalue weighted by molar-refractivity contribution is 0.669. The van der Waals surface area contributed by atoms with Crippen LogP contribution in [0.2, 0.25) is 0 Å². The molecule has 0 saturated heterocycles. The molecule has 0 amide bonds. The first-order valence-corrected chi connectivity index (χ1v) is 19.9. The number of fused-ring (bicyclic) bond motifs is 12. The van der Waals surface area contributed by atoms with Crippen molar-refractivity contribution in [3.8, 4) is 28.2 Å². The molecule has 58 heavy (non-hydrogen) atoms. The van der Waals surface area contributed by atoms with Gasteiger partial charge in [0.2, 0.25) is 0 Å². The highest BCUT2D eigenvalue weighted by Crippen LogP contribution is 2.44. The van der Waals surface area contributed by atoms with Gasteiger partial charge in [0.15, 0.2) is 0 Å². The first-order chi connectivity index (χ1) is 28.8. The van der Waals surface area contributed by atoms with E-state index in [1.807, 2.05) is 6.07 Å². The average molecular weight is 740 g/mol. The van der Waals surface area contributed by atoms with Crippen molar-refractivity contribution in [2.75, 3.05) is 0 Å². The Morgan fingerprint density at radius 3 is 1.17 bits per heavy atom. The fourth-order valence-electron chi connectivity index (χ4n) is 9.87. The highest BCUT2D eigenvalue weighted by molar-refractivity contribution is 6.19. The van der Waals surface area contributed by atoms with Gasteiger partial charge in [0.1, 0.15) is 11.2 Å². The Hall–Kier alpha value is -7.82. The summed E-state index contributed by atoms with van der Waals surface area (Å²) in [5.41, 5.74) is 14.4. The van der Waals surface area contributed by atoms with Crippen molar-refractivity contribution in [1.82, 2.24) is 13.7 Å². The molecule has 0 saturated carbocycles. The van der Waals surface area contributed by atoms with Crippen molar-refractivity contribution in [3.05, 3.63) is 200 Å². The molecule has 0 bridgehead atoms. The summed E-state index contributed by atoms with van der Waals surface area (Å²) < 4.78 is 13.8. The third-order valence-corrected chi connectivity index (χ3v) is 12.2. The van der Waals surface area contributed by atoms with Gasteiger partial charge in [-0.05, 0) is 66.2 Å². The van der Waals surface area contributed by atoms with Crippen LogP contribution in [0.25, 0.3) is 116 Å². The van der Waals surface area contributed by atoms with Crippen LogP contribution in [0.3, 0.4) is 0 Å². The third-order valence-electron chi connectivity index (χ3n) is 12.2. The van der Waals surface area contributed by atoms with E-state index in [1.165, 1.54) is 54.4 Å². The molecule has 4 heteroatoms. The standard InChI is InChI=1S/C54H33N3O/c1-7-24-46-37(15-1)38-16-2-8-25-47(38)55(46)34-31-35(56-48-26-9-3-17-39(48)40-18-4-10-27-49(40)56)33-36(32-34)57-50-28-11-5-19-41(50)43-22-13-23-44(54(43)57)42-21-14-30-52-53(42)45-20-6-12-29-51(45)58-52/h1-33H. The molecule has 4 aromatic heterocycles. The van der Waals surface area contributed by atoms with Crippen molar-refractivity contribution in [3.63, 3.8) is 0 Å². The lowest BCUT2D eigenvalue weighted by Crippen LogP contribution is -2.03. The van der Waals surface area contributed by atoms with Crippen molar-refractivity contribution in [2.24, 2.45) is 0 Å². The Balaban J connectivity index is 1.20. The Kier molecular flexibility index (Phi) is 6.41. The summed E-state index contributed by atoms with van der Waals surface area (Å²) in [6.07, 6.45) is 0. The third kappa shape index (κ3) is 4.29. The lowest BCUT2D eigenvalue weighted by atomic mass is 9.97. The van der Waals surface area contributed by atoms with Gasteiger partial charge in [0, 0.05) is 48.7 Å². The first-order valence-electron chi connectivity index (χ1n) is 19.9. The Morgan fingerprint density at radius 1 is 0.276 bits per heavy atom. The number of rotatable bonds is 4. The monoisotopic (exact) mass is 739 g/mol. The summed E-state index contributed by atoms with van der Waals surface area (Å²) in [6, 6.07) is 72.7. The molecule has 0 spiro atoms. The van der Waals surface area contributed by atoms with Gasteiger partial charge in [0.25, 0.3) is 0 Å². The van der Waals surface area contributed by atoms with E-state index in [0.717, 1.165) is 61.2 Å². The van der Waals surface area contributed by atoms with Gasteiger partial charge < -0.3 is 18.1 Å². The van der Waals surface area contributed by atoms with Gasteiger partial charge in [-0.2, -0.15) is 0 Å². The van der Waals surface area contributed by atoms with E-state index in [0.29, 0.717) is 0 Å². The number of benzene rings is 9. The Bertz CT molecular complexity index is 3580. The zero-order valence-electron chi connectivity index (χ0n) is 31.3. The summed E-state index contributed by atoms with van der Waals surface area (Å²) in [5.74, 6) is 0. The predicted molar refractivity (Wildman–Crippen MR) is 242 cm³/mol. The molecule has 0 N–H and O–H groups in total. The van der Waals surface area contributed by atoms with Gasteiger partial charge in [-0.3, -0.25) is 0 Å². The van der Waals surface area contributed by atoms with Crippen molar-refractivity contribution in [2.45, 2.75) is 0 Å². The molecule has 0 fully saturated rings. The van der Waals surface area contributed by atoms with E-state index < -0.39 is 0 Å². The van der Waals surface area contributed by atoms with Gasteiger partial charge in [-0.1, -0.05) is 140 Å². The molecule has 0 aliphatic carbocycles. The minimum atomic E-state index is 0.889. The zero-order valence-corrected chi connectivity index (χ0v) is 31.3. The summed E-state index contributed by atoms with van der Waals surface area (Å²) >= 11 is 0. The van der Waals surface area contributed by atoms with Gasteiger partial charge in [0.05, 0.1) is 50.2 Å². The molecule has 4 nitrogen and oxygen atoms in total. The number of hydrogen-bond acceptors (Lipinski definition) is 1. The van der Waals surface area contributed by atoms with E-state index in [1.54, 1.807) is 0 Å². The molecular weight excluding hydrogens is 707 g/mol. The van der Waals surface area contributed by atoms with Gasteiger partial charge >= 0.3 is 0 Å². The van der Waals surface area contributed by atoms with Crippen LogP contribution in [-0.4, -0.2) is 13.7 Å². The second kappa shape index (κ2) is 11.8.